The minimum atomic E-state index is 0. The number of pyridine rings is 6. The Morgan fingerprint density at radius 3 is 0.968 bits per heavy atom. The van der Waals surface area contributed by atoms with E-state index in [2.05, 4.69) is 111 Å². The maximum Gasteiger partial charge on any atom is 3.00 e. The quantitative estimate of drug-likeness (QED) is 0.123. The summed E-state index contributed by atoms with van der Waals surface area (Å²) >= 11 is 0. The zero-order valence-electron chi connectivity index (χ0n) is 69.6. The van der Waals surface area contributed by atoms with Crippen LogP contribution in [0.25, 0.3) is 99.9 Å². The standard InChI is InChI=1S/3C16H12N.3C12H10N.3Ir.6H2/c3*1-17-12-11-13-7-5-6-10-15(13)16(17)14-8-3-2-4-9-14;3*1-10-6-2-3-7-11(10)12-8-4-5-9-13-12;;;;;;;;;/h3*2-8,10-12H,1H2;3*2-9H,1H2;;;;6*1H/q6*-1;3*+3;;;;;;/i3*3D;3D,5D;5D;3D;;;;6*1+1D. The van der Waals surface area contributed by atoms with Crippen molar-refractivity contribution < 1.29 is 101 Å². The molecular weight excluding hydrogens is 1670 g/mol. The van der Waals surface area contributed by atoms with E-state index in [1.54, 1.807) is 97.3 Å². The summed E-state index contributed by atoms with van der Waals surface area (Å²) in [5, 5.41) is 6.86. The average molecular weight is 1770 g/mol. The first kappa shape index (κ1) is 53.5. The largest absolute Gasteiger partial charge is 3.00 e. The molecular formula is C84H78Ir3N6+3. The maximum absolute atomic E-state index is 7.71. The van der Waals surface area contributed by atoms with Gasteiger partial charge in [-0.15, -0.1) is 144 Å². The van der Waals surface area contributed by atoms with Gasteiger partial charge < -0.3 is 13.7 Å². The number of hydrogen-bond acceptors (Lipinski definition) is 3. The SMILES string of the molecule is [2H][2H].[2H][2H].[2H][2H].[2H][2H].[2H][2H].[2H][2H].[2H]c1cc[c-]c(-c2c3ccccc3cc[n+]2[CH2-])c1.[2H]c1cc[c-]c(-c2c3ccccc3cc[n+]2[CH2-])c1.[2H]c1cc[c-]c(-c2c3ccccc3cc[n+]2[CH2-])c1.[2H]c1ccc(-c2cc([2H])ccc2[CH2-])nc1.[2H]c1ccc(-c2ccccc2[CH2-])nc1.[2H]c1ccc([CH2-])c(-c2ccccn2)c1.[Ir+3].[Ir+3].[Ir+3]. The first-order valence-corrected chi connectivity index (χ1v) is 28.7. The van der Waals surface area contributed by atoms with E-state index in [4.69, 9.17) is 27.4 Å². The first-order valence-electron chi connectivity index (χ1n) is 38.2. The summed E-state index contributed by atoms with van der Waals surface area (Å²) in [5.74, 6) is 0. The summed E-state index contributed by atoms with van der Waals surface area (Å²) in [5.41, 5.74) is 13.6. The smallest absolute Gasteiger partial charge is 0.334 e. The maximum atomic E-state index is 7.71. The minimum absolute atomic E-state index is 0. The van der Waals surface area contributed by atoms with E-state index in [1.165, 1.54) is 6.20 Å². The van der Waals surface area contributed by atoms with Crippen LogP contribution in [0.15, 0.2) is 328 Å². The number of rotatable bonds is 6. The topological polar surface area (TPSA) is 50.3 Å². The average Bonchev–Trinajstić information content (AvgIpc) is 0.796. The second kappa shape index (κ2) is 36.0. The molecule has 6 aromatic heterocycles. The molecule has 15 rings (SSSR count). The van der Waals surface area contributed by atoms with Crippen LogP contribution in [-0.4, -0.2) is 15.0 Å². The van der Waals surface area contributed by atoms with Gasteiger partial charge in [0.2, 0.25) is 0 Å². The van der Waals surface area contributed by atoms with Crippen LogP contribution in [0, 0.1) is 60.1 Å². The molecule has 0 fully saturated rings. The van der Waals surface area contributed by atoms with Crippen molar-refractivity contribution in [2.45, 2.75) is 0 Å². The molecule has 0 saturated heterocycles. The van der Waals surface area contributed by atoms with E-state index >= 15 is 0 Å². The van der Waals surface area contributed by atoms with Gasteiger partial charge in [0.1, 0.15) is 17.1 Å². The van der Waals surface area contributed by atoms with E-state index in [0.717, 1.165) is 117 Å². The van der Waals surface area contributed by atoms with Crippen molar-refractivity contribution in [2.75, 3.05) is 0 Å². The van der Waals surface area contributed by atoms with Gasteiger partial charge in [-0.2, -0.15) is 55.7 Å². The Hall–Kier alpha value is -10.2. The Balaban J connectivity index is 0.000000652. The Morgan fingerprint density at radius 1 is 0.312 bits per heavy atom. The van der Waals surface area contributed by atoms with Crippen molar-refractivity contribution in [2.24, 2.45) is 0 Å². The van der Waals surface area contributed by atoms with E-state index < -0.39 is 0 Å². The summed E-state index contributed by atoms with van der Waals surface area (Å²) in [6.07, 6.45) is 10.6. The van der Waals surface area contributed by atoms with Crippen LogP contribution < -0.4 is 13.7 Å². The Kier molecular flexibility index (Phi) is 20.7. The molecule has 0 aliphatic rings. The van der Waals surface area contributed by atoms with E-state index in [-0.39, 0.29) is 60.3 Å². The van der Waals surface area contributed by atoms with Gasteiger partial charge in [-0.25, -0.2) is 0 Å². The molecule has 0 atom stereocenters. The van der Waals surface area contributed by atoms with Crippen LogP contribution >= 0.6 is 0 Å². The second-order valence-electron chi connectivity index (χ2n) is 20.1. The fourth-order valence-corrected chi connectivity index (χ4v) is 9.79. The predicted molar refractivity (Wildman–Crippen MR) is 383 cm³/mol. The minimum Gasteiger partial charge on any atom is -0.334 e. The molecule has 93 heavy (non-hydrogen) atoms. The zero-order chi connectivity index (χ0) is 80.4. The van der Waals surface area contributed by atoms with Gasteiger partial charge in [0.15, 0.2) is 0 Å². The van der Waals surface area contributed by atoms with Gasteiger partial charge in [-0.3, -0.25) is 15.0 Å². The summed E-state index contributed by atoms with van der Waals surface area (Å²) in [7, 11) is 12.0. The molecule has 0 spiro atoms. The molecule has 0 saturated carbocycles. The van der Waals surface area contributed by atoms with Crippen molar-refractivity contribution in [3.63, 3.8) is 0 Å². The van der Waals surface area contributed by atoms with Crippen LogP contribution in [-0.2, 0) is 60.3 Å². The summed E-state index contributed by atoms with van der Waals surface area (Å²) in [4.78, 5) is 12.5. The molecule has 9 heteroatoms. The fraction of sp³-hybridized carbons (Fsp3) is 0. The molecule has 0 radical (unpaired) electrons. The van der Waals surface area contributed by atoms with Crippen molar-refractivity contribution in [1.29, 1.82) is 0 Å². The van der Waals surface area contributed by atoms with Crippen LogP contribution in [0.2, 0.25) is 0 Å². The van der Waals surface area contributed by atoms with Crippen molar-refractivity contribution >= 4 is 32.3 Å². The molecule has 0 N–H and O–H groups in total. The molecule has 9 aromatic carbocycles. The third-order valence-electron chi connectivity index (χ3n) is 14.2. The molecule has 15 aromatic rings. The summed E-state index contributed by atoms with van der Waals surface area (Å²) in [6.45, 7) is 11.7. The van der Waals surface area contributed by atoms with Gasteiger partial charge in [-0.05, 0) is 86.9 Å². The third kappa shape index (κ3) is 18.7. The second-order valence-corrected chi connectivity index (χ2v) is 20.1. The number of fused-ring (bicyclic) bond motifs is 3. The zero-order valence-corrected chi connectivity index (χ0v) is 57.7. The van der Waals surface area contributed by atoms with Crippen LogP contribution in [0.1, 0.15) is 44.1 Å². The molecule has 468 valence electrons. The van der Waals surface area contributed by atoms with Crippen LogP contribution in [0.4, 0.5) is 0 Å². The Bertz CT molecular complexity index is 4920. The van der Waals surface area contributed by atoms with Gasteiger partial charge >= 0.3 is 60.3 Å². The van der Waals surface area contributed by atoms with Crippen molar-refractivity contribution in [3.05, 3.63) is 405 Å². The van der Waals surface area contributed by atoms with Crippen molar-refractivity contribution in [1.82, 2.24) is 15.0 Å². The Morgan fingerprint density at radius 2 is 0.613 bits per heavy atom. The fourth-order valence-electron chi connectivity index (χ4n) is 9.79. The van der Waals surface area contributed by atoms with Crippen molar-refractivity contribution in [3.8, 4) is 67.5 Å². The first-order chi connectivity index (χ1) is 53.0. The van der Waals surface area contributed by atoms with Gasteiger partial charge in [0, 0.05) is 78.7 Å². The van der Waals surface area contributed by atoms with E-state index in [0.29, 0.717) is 42.3 Å². The van der Waals surface area contributed by atoms with E-state index in [9.17, 15) is 0 Å². The molecule has 6 heterocycles. The Labute approximate surface area is 617 Å². The van der Waals surface area contributed by atoms with E-state index in [1.807, 2.05) is 160 Å². The predicted octanol–water partition coefficient (Wildman–Crippen LogP) is 20.0. The van der Waals surface area contributed by atoms with Gasteiger partial charge in [-0.1, -0.05) is 126 Å². The number of aromatic nitrogens is 6. The normalized spacial score (nSPS) is 11.5. The number of nitrogens with zero attached hydrogens (tertiary/aromatic N) is 6. The molecule has 0 amide bonds. The molecule has 0 bridgehead atoms. The van der Waals surface area contributed by atoms with Crippen LogP contribution in [0.5, 0.6) is 0 Å². The summed E-state index contributed by atoms with van der Waals surface area (Å²) < 4.78 is 118. The van der Waals surface area contributed by atoms with Gasteiger partial charge in [0.25, 0.3) is 0 Å². The third-order valence-corrected chi connectivity index (χ3v) is 14.2. The van der Waals surface area contributed by atoms with Gasteiger partial charge in [0.05, 0.1) is 24.1 Å². The number of hydrogen-bond donors (Lipinski definition) is 0. The molecule has 0 aliphatic carbocycles. The van der Waals surface area contributed by atoms with Crippen LogP contribution in [0.3, 0.4) is 0 Å². The monoisotopic (exact) mass is 1770 g/mol. The molecule has 0 aliphatic heterocycles. The summed E-state index contributed by atoms with van der Waals surface area (Å²) in [6, 6.07) is 90.4. The number of benzene rings is 9. The molecule has 6 nitrogen and oxygen atoms in total. The molecule has 0 unspecified atom stereocenters.